The molecule has 29 heavy (non-hydrogen) atoms. The van der Waals surface area contributed by atoms with Gasteiger partial charge in [-0.05, 0) is 35.4 Å². The second kappa shape index (κ2) is 10.5. The summed E-state index contributed by atoms with van der Waals surface area (Å²) in [5.74, 6) is -0.193. The highest BCUT2D eigenvalue weighted by atomic mass is 19.1. The number of nitrogens with zero attached hydrogens (tertiary/aromatic N) is 1. The average molecular weight is 402 g/mol. The molecule has 1 amide bonds. The smallest absolute Gasteiger partial charge is 0.224 e. The fraction of sp³-hybridized carbons (Fsp3) is 0.364. The van der Waals surface area contributed by atoms with E-state index in [9.17, 15) is 13.6 Å². The third-order valence-corrected chi connectivity index (χ3v) is 4.52. The molecule has 0 saturated carbocycles. The molecule has 0 atom stereocenters. The van der Waals surface area contributed by atoms with Gasteiger partial charge in [0.1, 0.15) is 11.6 Å². The number of benzene rings is 2. The summed E-state index contributed by atoms with van der Waals surface area (Å²) in [5.41, 5.74) is 1.23. The minimum atomic E-state index is -0.354. The summed E-state index contributed by atoms with van der Waals surface area (Å²) in [4.78, 5) is 16.1. The highest BCUT2D eigenvalue weighted by Crippen LogP contribution is 2.22. The number of carbonyl (C=O) groups excluding carboxylic acids is 1. The molecule has 0 radical (unpaired) electrons. The Morgan fingerprint density at radius 3 is 2.28 bits per heavy atom. The zero-order valence-corrected chi connectivity index (χ0v) is 17.1. The van der Waals surface area contributed by atoms with E-state index in [-0.39, 0.29) is 29.4 Å². The molecule has 156 valence electrons. The first-order chi connectivity index (χ1) is 13.8. The van der Waals surface area contributed by atoms with E-state index in [0.717, 1.165) is 5.56 Å². The molecule has 0 aromatic heterocycles. The summed E-state index contributed by atoms with van der Waals surface area (Å²) < 4.78 is 26.6. The van der Waals surface area contributed by atoms with Gasteiger partial charge in [0, 0.05) is 32.1 Å². The van der Waals surface area contributed by atoms with Crippen molar-refractivity contribution in [1.82, 2.24) is 16.0 Å². The first-order valence-corrected chi connectivity index (χ1v) is 9.52. The normalized spacial score (nSPS) is 11.8. The summed E-state index contributed by atoms with van der Waals surface area (Å²) in [5, 5.41) is 9.13. The first kappa shape index (κ1) is 22.3. The van der Waals surface area contributed by atoms with Crippen molar-refractivity contribution in [3.8, 4) is 0 Å². The van der Waals surface area contributed by atoms with Gasteiger partial charge in [0.15, 0.2) is 5.96 Å². The van der Waals surface area contributed by atoms with Crippen LogP contribution in [0.1, 0.15) is 25.0 Å². The maximum Gasteiger partial charge on any atom is 0.224 e. The number of guanidine groups is 1. The van der Waals surface area contributed by atoms with E-state index in [4.69, 9.17) is 0 Å². The van der Waals surface area contributed by atoms with Gasteiger partial charge in [0.2, 0.25) is 5.91 Å². The van der Waals surface area contributed by atoms with Crippen molar-refractivity contribution in [2.75, 3.05) is 26.7 Å². The minimum Gasteiger partial charge on any atom is -0.356 e. The first-order valence-electron chi connectivity index (χ1n) is 9.52. The van der Waals surface area contributed by atoms with Gasteiger partial charge >= 0.3 is 0 Å². The van der Waals surface area contributed by atoms with E-state index in [1.165, 1.54) is 24.3 Å². The van der Waals surface area contributed by atoms with Crippen LogP contribution in [0, 0.1) is 11.6 Å². The third-order valence-electron chi connectivity index (χ3n) is 4.52. The lowest BCUT2D eigenvalue weighted by Crippen LogP contribution is -2.45. The van der Waals surface area contributed by atoms with E-state index in [1.54, 1.807) is 25.2 Å². The zero-order chi connectivity index (χ0) is 21.3. The molecule has 0 aliphatic rings. The highest BCUT2D eigenvalue weighted by molar-refractivity contribution is 5.80. The van der Waals surface area contributed by atoms with Crippen LogP contribution in [0.25, 0.3) is 0 Å². The quantitative estimate of drug-likeness (QED) is 0.361. The Bertz CT molecular complexity index is 852. The van der Waals surface area contributed by atoms with Crippen LogP contribution in [0.2, 0.25) is 0 Å². The van der Waals surface area contributed by atoms with E-state index in [0.29, 0.717) is 31.2 Å². The van der Waals surface area contributed by atoms with Gasteiger partial charge in [0.25, 0.3) is 0 Å². The zero-order valence-electron chi connectivity index (χ0n) is 17.1. The number of nitrogens with one attached hydrogen (secondary N) is 3. The molecular formula is C22H28F2N4O. The summed E-state index contributed by atoms with van der Waals surface area (Å²) in [6.07, 6.45) is 0.132. The Labute approximate surface area is 170 Å². The molecule has 2 rings (SSSR count). The molecule has 0 unspecified atom stereocenters. The molecule has 3 N–H and O–H groups in total. The lowest BCUT2D eigenvalue weighted by molar-refractivity contribution is -0.120. The van der Waals surface area contributed by atoms with Gasteiger partial charge in [-0.1, -0.05) is 38.1 Å². The maximum atomic E-state index is 13.5. The number of hydrogen-bond donors (Lipinski definition) is 3. The van der Waals surface area contributed by atoms with Gasteiger partial charge < -0.3 is 16.0 Å². The third kappa shape index (κ3) is 7.52. The molecule has 0 bridgehead atoms. The van der Waals surface area contributed by atoms with Crippen LogP contribution in [-0.4, -0.2) is 38.5 Å². The number of hydrogen-bond acceptors (Lipinski definition) is 2. The minimum absolute atomic E-state index is 0.132. The van der Waals surface area contributed by atoms with E-state index in [2.05, 4.69) is 20.9 Å². The Balaban J connectivity index is 1.73. The summed E-state index contributed by atoms with van der Waals surface area (Å²) in [6.45, 7) is 5.49. The number of rotatable bonds is 8. The van der Waals surface area contributed by atoms with E-state index < -0.39 is 0 Å². The van der Waals surface area contributed by atoms with E-state index >= 15 is 0 Å². The van der Waals surface area contributed by atoms with Crippen LogP contribution in [0.4, 0.5) is 8.78 Å². The van der Waals surface area contributed by atoms with Gasteiger partial charge in [-0.3, -0.25) is 9.79 Å². The maximum absolute atomic E-state index is 13.5. The Kier molecular flexibility index (Phi) is 8.12. The fourth-order valence-electron chi connectivity index (χ4n) is 2.81. The standard InChI is InChI=1S/C22H28F2N4O/c1-22(2,17-7-5-9-19(24)14-17)15-28-21(25-3)27-11-10-26-20(29)13-16-6-4-8-18(23)12-16/h4-9,12,14H,10-11,13,15H2,1-3H3,(H,26,29)(H2,25,27,28). The molecular weight excluding hydrogens is 374 g/mol. The van der Waals surface area contributed by atoms with Crippen molar-refractivity contribution in [2.45, 2.75) is 25.7 Å². The molecule has 0 fully saturated rings. The SMILES string of the molecule is CN=C(NCCNC(=O)Cc1cccc(F)c1)NCC(C)(C)c1cccc(F)c1. The van der Waals surface area contributed by atoms with Crippen molar-refractivity contribution in [1.29, 1.82) is 0 Å². The van der Waals surface area contributed by atoms with Crippen LogP contribution < -0.4 is 16.0 Å². The van der Waals surface area contributed by atoms with Crippen molar-refractivity contribution < 1.29 is 13.6 Å². The Hall–Kier alpha value is -2.96. The summed E-state index contributed by atoms with van der Waals surface area (Å²) in [7, 11) is 1.66. The lowest BCUT2D eigenvalue weighted by Gasteiger charge is -2.27. The topological polar surface area (TPSA) is 65.5 Å². The molecule has 0 heterocycles. The average Bonchev–Trinajstić information content (AvgIpc) is 2.67. The lowest BCUT2D eigenvalue weighted by atomic mass is 9.84. The van der Waals surface area contributed by atoms with Crippen molar-refractivity contribution >= 4 is 11.9 Å². The molecule has 0 aliphatic carbocycles. The Morgan fingerprint density at radius 1 is 0.966 bits per heavy atom. The molecule has 2 aromatic carbocycles. The second-order valence-electron chi connectivity index (χ2n) is 7.40. The number of aliphatic imine (C=N–C) groups is 1. The number of amides is 1. The summed E-state index contributed by atoms with van der Waals surface area (Å²) >= 11 is 0. The van der Waals surface area contributed by atoms with Crippen LogP contribution in [0.5, 0.6) is 0 Å². The largest absolute Gasteiger partial charge is 0.356 e. The predicted molar refractivity (Wildman–Crippen MR) is 112 cm³/mol. The van der Waals surface area contributed by atoms with Crippen LogP contribution in [0.3, 0.4) is 0 Å². The van der Waals surface area contributed by atoms with Gasteiger partial charge in [0.05, 0.1) is 6.42 Å². The van der Waals surface area contributed by atoms with Gasteiger partial charge in [-0.2, -0.15) is 0 Å². The highest BCUT2D eigenvalue weighted by Gasteiger charge is 2.21. The molecule has 0 saturated heterocycles. The van der Waals surface area contributed by atoms with Crippen molar-refractivity contribution in [3.63, 3.8) is 0 Å². The summed E-state index contributed by atoms with van der Waals surface area (Å²) in [6, 6.07) is 12.6. The molecule has 0 aliphatic heterocycles. The Morgan fingerprint density at radius 2 is 1.62 bits per heavy atom. The molecule has 7 heteroatoms. The number of halogens is 2. The molecule has 2 aromatic rings. The van der Waals surface area contributed by atoms with Gasteiger partial charge in [-0.15, -0.1) is 0 Å². The second-order valence-corrected chi connectivity index (χ2v) is 7.40. The number of carbonyl (C=O) groups is 1. The van der Waals surface area contributed by atoms with Crippen LogP contribution in [0.15, 0.2) is 53.5 Å². The van der Waals surface area contributed by atoms with Gasteiger partial charge in [-0.25, -0.2) is 8.78 Å². The van der Waals surface area contributed by atoms with Crippen molar-refractivity contribution in [2.24, 2.45) is 4.99 Å². The van der Waals surface area contributed by atoms with E-state index in [1.807, 2.05) is 19.9 Å². The molecule has 0 spiro atoms. The van der Waals surface area contributed by atoms with Crippen LogP contribution in [-0.2, 0) is 16.6 Å². The van der Waals surface area contributed by atoms with Crippen LogP contribution >= 0.6 is 0 Å². The monoisotopic (exact) mass is 402 g/mol. The molecule has 5 nitrogen and oxygen atoms in total. The fourth-order valence-corrected chi connectivity index (χ4v) is 2.81. The van der Waals surface area contributed by atoms with Crippen molar-refractivity contribution in [3.05, 3.63) is 71.3 Å². The predicted octanol–water partition coefficient (Wildman–Crippen LogP) is 2.77.